The van der Waals surface area contributed by atoms with E-state index in [0.29, 0.717) is 22.9 Å². The van der Waals surface area contributed by atoms with Crippen LogP contribution in [0.4, 0.5) is 5.69 Å². The average molecular weight is 438 g/mol. The van der Waals surface area contributed by atoms with E-state index in [-0.39, 0.29) is 30.2 Å². The van der Waals surface area contributed by atoms with Gasteiger partial charge in [-0.15, -0.1) is 0 Å². The Bertz CT molecular complexity index is 1160. The van der Waals surface area contributed by atoms with E-state index in [1.54, 1.807) is 18.2 Å². The summed E-state index contributed by atoms with van der Waals surface area (Å²) in [6.45, 7) is 1.67. The van der Waals surface area contributed by atoms with Gasteiger partial charge in [-0.3, -0.25) is 9.59 Å². The van der Waals surface area contributed by atoms with Gasteiger partial charge in [0, 0.05) is 23.5 Å². The Morgan fingerprint density at radius 2 is 1.78 bits per heavy atom. The summed E-state index contributed by atoms with van der Waals surface area (Å²) in [4.78, 5) is 25.0. The van der Waals surface area contributed by atoms with E-state index in [2.05, 4.69) is 5.32 Å². The molecular formula is C24H26N2O6. The molecule has 0 spiro atoms. The van der Waals surface area contributed by atoms with Crippen molar-refractivity contribution < 1.29 is 24.1 Å². The van der Waals surface area contributed by atoms with Crippen molar-refractivity contribution in [2.75, 3.05) is 19.5 Å². The third-order valence-corrected chi connectivity index (χ3v) is 4.97. The van der Waals surface area contributed by atoms with Crippen LogP contribution in [0.5, 0.6) is 17.2 Å². The molecule has 0 fully saturated rings. The van der Waals surface area contributed by atoms with Crippen LogP contribution in [0.2, 0.25) is 0 Å². The van der Waals surface area contributed by atoms with E-state index in [1.165, 1.54) is 31.0 Å². The number of aliphatic hydroxyl groups excluding tert-OH is 1. The summed E-state index contributed by atoms with van der Waals surface area (Å²) in [5.41, 5.74) is 2.47. The van der Waals surface area contributed by atoms with Gasteiger partial charge in [0.25, 0.3) is 0 Å². The van der Waals surface area contributed by atoms with Crippen LogP contribution >= 0.6 is 0 Å². The highest BCUT2D eigenvalue weighted by Gasteiger charge is 2.13. The molecule has 8 heteroatoms. The number of aryl methyl sites for hydroxylation is 1. The third kappa shape index (κ3) is 5.47. The number of methoxy groups -OCH3 is 2. The molecule has 1 amide bonds. The number of carbonyl (C=O) groups excluding carboxylic acids is 1. The van der Waals surface area contributed by atoms with Crippen molar-refractivity contribution in [1.29, 1.82) is 0 Å². The maximum atomic E-state index is 12.6. The minimum absolute atomic E-state index is 0.101. The predicted octanol–water partition coefficient (Wildman–Crippen LogP) is 2.88. The summed E-state index contributed by atoms with van der Waals surface area (Å²) in [5, 5.41) is 12.4. The van der Waals surface area contributed by atoms with Crippen LogP contribution in [0.3, 0.4) is 0 Å². The first-order chi connectivity index (χ1) is 15.4. The molecule has 0 aliphatic carbocycles. The number of aliphatic hydroxyl groups is 1. The zero-order chi connectivity index (χ0) is 23.1. The second-order valence-corrected chi connectivity index (χ2v) is 7.11. The lowest BCUT2D eigenvalue weighted by Crippen LogP contribution is -2.23. The topological polar surface area (TPSA) is 99.0 Å². The number of benzene rings is 2. The summed E-state index contributed by atoms with van der Waals surface area (Å²) >= 11 is 0. The molecular weight excluding hydrogens is 412 g/mol. The Morgan fingerprint density at radius 3 is 2.47 bits per heavy atom. The number of nitrogens with zero attached hydrogens (tertiary/aromatic N) is 1. The lowest BCUT2D eigenvalue weighted by atomic mass is 10.1. The number of nitrogens with one attached hydrogen (secondary N) is 1. The summed E-state index contributed by atoms with van der Waals surface area (Å²) < 4.78 is 17.7. The molecule has 0 aliphatic heterocycles. The molecule has 0 saturated heterocycles. The Balaban J connectivity index is 1.76. The molecule has 1 heterocycles. The molecule has 8 nitrogen and oxygen atoms in total. The number of hydrogen-bond donors (Lipinski definition) is 2. The van der Waals surface area contributed by atoms with Crippen LogP contribution in [0, 0.1) is 6.92 Å². The minimum Gasteiger partial charge on any atom is -0.493 e. The highest BCUT2D eigenvalue weighted by atomic mass is 16.5. The fraction of sp³-hybridized carbons (Fsp3) is 0.250. The Kier molecular flexibility index (Phi) is 7.51. The van der Waals surface area contributed by atoms with Gasteiger partial charge in [0.1, 0.15) is 13.2 Å². The zero-order valence-corrected chi connectivity index (χ0v) is 18.3. The first-order valence-electron chi connectivity index (χ1n) is 9.98. The quantitative estimate of drug-likeness (QED) is 0.533. The Morgan fingerprint density at radius 1 is 1.03 bits per heavy atom. The average Bonchev–Trinajstić information content (AvgIpc) is 2.79. The zero-order valence-electron chi connectivity index (χ0n) is 18.3. The number of amides is 1. The molecule has 2 aromatic carbocycles. The Labute approximate surface area is 186 Å². The van der Waals surface area contributed by atoms with E-state index in [1.807, 2.05) is 31.2 Å². The fourth-order valence-corrected chi connectivity index (χ4v) is 3.18. The van der Waals surface area contributed by atoms with E-state index in [4.69, 9.17) is 14.2 Å². The summed E-state index contributed by atoms with van der Waals surface area (Å²) in [7, 11) is 3.04. The van der Waals surface area contributed by atoms with Crippen LogP contribution in [0.15, 0.2) is 59.5 Å². The van der Waals surface area contributed by atoms with Gasteiger partial charge in [0.15, 0.2) is 17.2 Å². The van der Waals surface area contributed by atoms with Crippen LogP contribution in [0.25, 0.3) is 0 Å². The predicted molar refractivity (Wildman–Crippen MR) is 120 cm³/mol. The second kappa shape index (κ2) is 10.5. The maximum Gasteiger partial charge on any atom is 0.244 e. The molecule has 2 N–H and O–H groups in total. The van der Waals surface area contributed by atoms with Gasteiger partial charge in [0.2, 0.25) is 11.3 Å². The highest BCUT2D eigenvalue weighted by Crippen LogP contribution is 2.29. The lowest BCUT2D eigenvalue weighted by Gasteiger charge is -2.15. The number of ether oxygens (including phenoxy) is 3. The van der Waals surface area contributed by atoms with Crippen molar-refractivity contribution in [1.82, 2.24) is 4.57 Å². The molecule has 0 atom stereocenters. The number of anilines is 1. The molecule has 32 heavy (non-hydrogen) atoms. The molecule has 0 aliphatic rings. The molecule has 3 aromatic rings. The smallest absolute Gasteiger partial charge is 0.244 e. The van der Waals surface area contributed by atoms with Gasteiger partial charge in [-0.05, 0) is 30.2 Å². The van der Waals surface area contributed by atoms with Crippen LogP contribution in [0.1, 0.15) is 16.8 Å². The van der Waals surface area contributed by atoms with Crippen LogP contribution in [-0.2, 0) is 24.6 Å². The standard InChI is InChI=1S/C24H26N2O6/c1-16-6-4-5-7-17(16)15-32-23-12-26(19(14-27)11-20(23)28)13-24(29)25-18-8-9-21(30-2)22(10-18)31-3/h4-12,27H,13-15H2,1-3H3,(H,25,29). The van der Waals surface area contributed by atoms with Crippen LogP contribution < -0.4 is 25.0 Å². The lowest BCUT2D eigenvalue weighted by molar-refractivity contribution is -0.116. The SMILES string of the molecule is COc1ccc(NC(=O)Cn2cc(OCc3ccccc3C)c(=O)cc2CO)cc1OC. The maximum absolute atomic E-state index is 12.6. The van der Waals surface area contributed by atoms with Gasteiger partial charge < -0.3 is 29.2 Å². The number of rotatable bonds is 9. The summed E-state index contributed by atoms with van der Waals surface area (Å²) in [5.74, 6) is 0.783. The van der Waals surface area contributed by atoms with Crippen molar-refractivity contribution in [3.63, 3.8) is 0 Å². The molecule has 3 rings (SSSR count). The number of hydrogen-bond acceptors (Lipinski definition) is 6. The first-order valence-corrected chi connectivity index (χ1v) is 9.98. The highest BCUT2D eigenvalue weighted by molar-refractivity contribution is 5.91. The first kappa shape index (κ1) is 22.9. The van der Waals surface area contributed by atoms with E-state index in [9.17, 15) is 14.7 Å². The van der Waals surface area contributed by atoms with Crippen molar-refractivity contribution in [3.05, 3.63) is 81.8 Å². The molecule has 0 bridgehead atoms. The van der Waals surface area contributed by atoms with Gasteiger partial charge in [0.05, 0.1) is 27.0 Å². The van der Waals surface area contributed by atoms with Crippen molar-refractivity contribution in [2.24, 2.45) is 0 Å². The minimum atomic E-state index is -0.392. The third-order valence-electron chi connectivity index (χ3n) is 4.97. The summed E-state index contributed by atoms with van der Waals surface area (Å²) in [6.07, 6.45) is 1.44. The number of pyridine rings is 1. The largest absolute Gasteiger partial charge is 0.493 e. The molecule has 0 unspecified atom stereocenters. The number of carbonyl (C=O) groups is 1. The monoisotopic (exact) mass is 438 g/mol. The van der Waals surface area contributed by atoms with Gasteiger partial charge in [-0.25, -0.2) is 0 Å². The van der Waals surface area contributed by atoms with E-state index >= 15 is 0 Å². The fourth-order valence-electron chi connectivity index (χ4n) is 3.18. The van der Waals surface area contributed by atoms with Gasteiger partial charge >= 0.3 is 0 Å². The van der Waals surface area contributed by atoms with Gasteiger partial charge in [-0.2, -0.15) is 0 Å². The van der Waals surface area contributed by atoms with Crippen molar-refractivity contribution >= 4 is 11.6 Å². The molecule has 1 aromatic heterocycles. The molecule has 0 radical (unpaired) electrons. The Hall–Kier alpha value is -3.78. The summed E-state index contributed by atoms with van der Waals surface area (Å²) in [6, 6.07) is 14.0. The van der Waals surface area contributed by atoms with E-state index in [0.717, 1.165) is 11.1 Å². The van der Waals surface area contributed by atoms with E-state index < -0.39 is 6.61 Å². The normalized spacial score (nSPS) is 10.5. The molecule has 0 saturated carbocycles. The van der Waals surface area contributed by atoms with Crippen molar-refractivity contribution in [2.45, 2.75) is 26.7 Å². The van der Waals surface area contributed by atoms with Crippen molar-refractivity contribution in [3.8, 4) is 17.2 Å². The number of aromatic nitrogens is 1. The van der Waals surface area contributed by atoms with Gasteiger partial charge in [-0.1, -0.05) is 24.3 Å². The molecule has 168 valence electrons. The van der Waals surface area contributed by atoms with Crippen LogP contribution in [-0.4, -0.2) is 29.8 Å². The second-order valence-electron chi connectivity index (χ2n) is 7.11.